The van der Waals surface area contributed by atoms with Crippen molar-refractivity contribution in [1.29, 1.82) is 0 Å². The maximum absolute atomic E-state index is 13.0. The first-order valence-corrected chi connectivity index (χ1v) is 13.5. The average molecular weight is 579 g/mol. The van der Waals surface area contributed by atoms with Gasteiger partial charge in [0.2, 0.25) is 0 Å². The third kappa shape index (κ3) is 6.07. The molecule has 0 saturated carbocycles. The number of carboxylic acid groups (broad SMARTS) is 1. The zero-order chi connectivity index (χ0) is 26.7. The molecular weight excluding hydrogens is 559 g/mol. The number of hydrogen-bond acceptors (Lipinski definition) is 7. The fourth-order valence-electron chi connectivity index (χ4n) is 3.79. The number of aliphatic carboxylic acids is 1. The van der Waals surface area contributed by atoms with Crippen LogP contribution in [0.4, 0.5) is 0 Å². The minimum Gasteiger partial charge on any atom is -0.480 e. The number of amides is 3. The Balaban J connectivity index is 1.47. The molecule has 1 atom stereocenters. The van der Waals surface area contributed by atoms with Crippen LogP contribution in [0.5, 0.6) is 0 Å². The summed E-state index contributed by atoms with van der Waals surface area (Å²) in [4.78, 5) is 53.2. The number of fused-ring (bicyclic) bond motifs is 1. The number of halogens is 2. The third-order valence-electron chi connectivity index (χ3n) is 5.63. The van der Waals surface area contributed by atoms with Crippen molar-refractivity contribution in [2.24, 2.45) is 10.2 Å². The van der Waals surface area contributed by atoms with Crippen LogP contribution in [0.25, 0.3) is 0 Å². The molecule has 4 rings (SSSR count). The minimum absolute atomic E-state index is 0.0288. The second-order valence-electron chi connectivity index (χ2n) is 8.14. The molecule has 0 radical (unpaired) electrons. The highest BCUT2D eigenvalue weighted by atomic mass is 35.5. The Hall–Kier alpha value is -3.12. The summed E-state index contributed by atoms with van der Waals surface area (Å²) >= 11 is 15.6. The van der Waals surface area contributed by atoms with Crippen LogP contribution in [0.3, 0.4) is 0 Å². The Morgan fingerprint density at radius 1 is 1.19 bits per heavy atom. The molecule has 0 unspecified atom stereocenters. The third-order valence-corrected chi connectivity index (χ3v) is 8.19. The lowest BCUT2D eigenvalue weighted by molar-refractivity contribution is -0.139. The number of thiophene rings is 2. The fraction of sp³-hybridized carbons (Fsp3) is 0.250. The highest BCUT2D eigenvalue weighted by molar-refractivity contribution is 7.14. The number of azo groups is 1. The smallest absolute Gasteiger partial charge is 0.328 e. The van der Waals surface area contributed by atoms with Gasteiger partial charge in [0.1, 0.15) is 6.04 Å². The molecule has 0 fully saturated rings. The highest BCUT2D eigenvalue weighted by Crippen LogP contribution is 2.35. The second kappa shape index (κ2) is 11.5. The first-order chi connectivity index (χ1) is 17.7. The van der Waals surface area contributed by atoms with Gasteiger partial charge >= 0.3 is 11.9 Å². The van der Waals surface area contributed by atoms with Gasteiger partial charge in [0.05, 0.1) is 31.9 Å². The van der Waals surface area contributed by atoms with Crippen molar-refractivity contribution in [1.82, 2.24) is 10.2 Å². The molecular formula is C24H20Cl2N4O5S2. The monoisotopic (exact) mass is 578 g/mol. The van der Waals surface area contributed by atoms with Gasteiger partial charge in [-0.2, -0.15) is 5.11 Å². The summed E-state index contributed by atoms with van der Waals surface area (Å²) in [5.41, 5.74) is 1.33. The number of aryl methyl sites for hydroxylation is 1. The number of carbonyl (C=O) groups excluding carboxylic acids is 3. The quantitative estimate of drug-likeness (QED) is 0.377. The number of nitrogens with zero attached hydrogens (tertiary/aromatic N) is 3. The molecule has 1 aromatic carbocycles. The van der Waals surface area contributed by atoms with E-state index in [0.717, 1.165) is 10.4 Å². The van der Waals surface area contributed by atoms with E-state index in [1.54, 1.807) is 34.5 Å². The lowest BCUT2D eigenvalue weighted by atomic mass is 9.96. The molecule has 2 aromatic heterocycles. The minimum atomic E-state index is -1.46. The molecule has 192 valence electrons. The van der Waals surface area contributed by atoms with Crippen LogP contribution in [0.15, 0.2) is 45.9 Å². The van der Waals surface area contributed by atoms with E-state index < -0.39 is 30.4 Å². The number of carboxylic acids is 1. The Labute approximate surface area is 229 Å². The van der Waals surface area contributed by atoms with E-state index >= 15 is 0 Å². The predicted molar refractivity (Wildman–Crippen MR) is 141 cm³/mol. The van der Waals surface area contributed by atoms with E-state index in [2.05, 4.69) is 15.5 Å². The van der Waals surface area contributed by atoms with Crippen LogP contribution in [-0.4, -0.2) is 52.8 Å². The van der Waals surface area contributed by atoms with Crippen LogP contribution < -0.4 is 5.32 Å². The van der Waals surface area contributed by atoms with Crippen molar-refractivity contribution >= 4 is 69.6 Å². The molecule has 9 nitrogen and oxygen atoms in total. The molecule has 1 aliphatic heterocycles. The van der Waals surface area contributed by atoms with Crippen LogP contribution in [0.2, 0.25) is 10.0 Å². The van der Waals surface area contributed by atoms with E-state index in [1.807, 2.05) is 13.0 Å². The molecule has 0 spiro atoms. The Morgan fingerprint density at radius 2 is 1.97 bits per heavy atom. The molecule has 13 heteroatoms. The maximum atomic E-state index is 13.0. The zero-order valence-electron chi connectivity index (χ0n) is 19.4. The van der Waals surface area contributed by atoms with Gasteiger partial charge in [0.25, 0.3) is 11.8 Å². The number of nitrogens with one attached hydrogen (secondary N) is 1. The van der Waals surface area contributed by atoms with Crippen LogP contribution >= 0.6 is 45.9 Å². The van der Waals surface area contributed by atoms with Crippen molar-refractivity contribution in [3.63, 3.8) is 0 Å². The van der Waals surface area contributed by atoms with Gasteiger partial charge in [-0.15, -0.1) is 27.8 Å². The van der Waals surface area contributed by atoms with Gasteiger partial charge in [-0.3, -0.25) is 14.4 Å². The van der Waals surface area contributed by atoms with Crippen molar-refractivity contribution in [3.05, 3.63) is 77.1 Å². The number of hydrogen-bond donors (Lipinski definition) is 2. The van der Waals surface area contributed by atoms with Gasteiger partial charge in [0.15, 0.2) is 0 Å². The summed E-state index contributed by atoms with van der Waals surface area (Å²) in [6, 6.07) is 7.05. The number of benzene rings is 1. The van der Waals surface area contributed by atoms with Crippen molar-refractivity contribution < 1.29 is 24.3 Å². The summed E-state index contributed by atoms with van der Waals surface area (Å²) in [7, 11) is 0. The second-order valence-corrected chi connectivity index (χ2v) is 11.2. The fourth-order valence-corrected chi connectivity index (χ4v) is 5.99. The molecule has 37 heavy (non-hydrogen) atoms. The summed E-state index contributed by atoms with van der Waals surface area (Å²) in [6.45, 7) is 2.16. The Bertz CT molecular complexity index is 1400. The molecule has 2 N–H and O–H groups in total. The Kier molecular flexibility index (Phi) is 8.38. The molecule has 0 bridgehead atoms. The van der Waals surface area contributed by atoms with Crippen molar-refractivity contribution in [2.45, 2.75) is 25.9 Å². The van der Waals surface area contributed by atoms with E-state index in [4.69, 9.17) is 23.2 Å². The number of carbonyl (C=O) groups is 4. The van der Waals surface area contributed by atoms with Gasteiger partial charge < -0.3 is 15.3 Å². The maximum Gasteiger partial charge on any atom is 0.328 e. The van der Waals surface area contributed by atoms with Crippen LogP contribution in [0.1, 0.15) is 45.7 Å². The first kappa shape index (κ1) is 26.9. The molecule has 3 aromatic rings. The lowest BCUT2D eigenvalue weighted by Crippen LogP contribution is -2.43. The lowest BCUT2D eigenvalue weighted by Gasteiger charge is -2.30. The molecule has 0 aliphatic carbocycles. The SMILES string of the molecule is Cc1ccc(C(=O)N2CCc3c(cc(Cl)c(C(=O)N[C@@H](CN=NC(=O)c4cccs4)C(=O)O)c3Cl)C2)s1. The summed E-state index contributed by atoms with van der Waals surface area (Å²) in [6.07, 6.45) is 0.406. The zero-order valence-corrected chi connectivity index (χ0v) is 22.5. The van der Waals surface area contributed by atoms with E-state index in [9.17, 15) is 24.3 Å². The number of rotatable bonds is 7. The molecule has 0 saturated heterocycles. The molecule has 3 heterocycles. The van der Waals surface area contributed by atoms with E-state index in [-0.39, 0.29) is 28.1 Å². The predicted octanol–water partition coefficient (Wildman–Crippen LogP) is 5.10. The largest absolute Gasteiger partial charge is 0.480 e. The van der Waals surface area contributed by atoms with E-state index in [1.165, 1.54) is 22.7 Å². The topological polar surface area (TPSA) is 128 Å². The van der Waals surface area contributed by atoms with Crippen LogP contribution in [-0.2, 0) is 17.8 Å². The summed E-state index contributed by atoms with van der Waals surface area (Å²) in [5.74, 6) is -2.85. The van der Waals surface area contributed by atoms with Crippen LogP contribution in [0, 0.1) is 6.92 Å². The Morgan fingerprint density at radius 3 is 2.62 bits per heavy atom. The highest BCUT2D eigenvalue weighted by Gasteiger charge is 2.30. The van der Waals surface area contributed by atoms with Gasteiger partial charge in [0, 0.05) is 18.0 Å². The standard InChI is InChI=1S/C24H20Cl2N4O5S2/c1-12-4-5-18(37-12)23(33)30-7-6-14-13(11-30)9-15(25)19(20(14)26)22(32)28-16(24(34)35)10-27-29-21(31)17-3-2-8-36-17/h2-5,8-9,16H,6-7,10-11H2,1H3,(H,28,32)(H,34,35)/t16-/m0/s1. The van der Waals surface area contributed by atoms with Gasteiger partial charge in [-0.05, 0) is 54.1 Å². The summed E-state index contributed by atoms with van der Waals surface area (Å²) in [5, 5.41) is 20.9. The van der Waals surface area contributed by atoms with Gasteiger partial charge in [-0.25, -0.2) is 4.79 Å². The molecule has 1 aliphatic rings. The van der Waals surface area contributed by atoms with Crippen molar-refractivity contribution in [3.8, 4) is 0 Å². The first-order valence-electron chi connectivity index (χ1n) is 11.0. The normalized spacial score (nSPS) is 13.9. The summed E-state index contributed by atoms with van der Waals surface area (Å²) < 4.78 is 0. The average Bonchev–Trinajstić information content (AvgIpc) is 3.54. The van der Waals surface area contributed by atoms with E-state index in [0.29, 0.717) is 28.3 Å². The van der Waals surface area contributed by atoms with Crippen molar-refractivity contribution in [2.75, 3.05) is 13.1 Å². The molecule has 3 amide bonds. The van der Waals surface area contributed by atoms with Gasteiger partial charge in [-0.1, -0.05) is 29.3 Å².